The second-order valence-electron chi connectivity index (χ2n) is 5.61. The Hall–Kier alpha value is -1.87. The summed E-state index contributed by atoms with van der Waals surface area (Å²) in [6, 6.07) is 12.2. The second kappa shape index (κ2) is 5.63. The van der Waals surface area contributed by atoms with Gasteiger partial charge in [0.15, 0.2) is 0 Å². The van der Waals surface area contributed by atoms with Crippen molar-refractivity contribution < 1.29 is 4.74 Å². The van der Waals surface area contributed by atoms with Crippen molar-refractivity contribution >= 4 is 0 Å². The first kappa shape index (κ1) is 13.1. The molecule has 104 valence electrons. The summed E-state index contributed by atoms with van der Waals surface area (Å²) in [6.07, 6.45) is 7.28. The second-order valence-corrected chi connectivity index (χ2v) is 5.61. The van der Waals surface area contributed by atoms with Crippen molar-refractivity contribution in [3.05, 3.63) is 48.8 Å². The van der Waals surface area contributed by atoms with Gasteiger partial charge in [-0.1, -0.05) is 18.6 Å². The molecule has 0 saturated heterocycles. The number of nitrogens with zero attached hydrogens (tertiary/aromatic N) is 1. The van der Waals surface area contributed by atoms with Crippen molar-refractivity contribution in [3.63, 3.8) is 0 Å². The van der Waals surface area contributed by atoms with E-state index in [9.17, 15) is 0 Å². The standard InChI is InChI=1S/C17H20N2O/c18-12-17(8-1-9-17)13-20-16-4-2-14(3-5-16)15-6-10-19-11-7-15/h2-7,10-11H,1,8-9,12-13,18H2. The summed E-state index contributed by atoms with van der Waals surface area (Å²) < 4.78 is 5.90. The molecule has 1 fully saturated rings. The Kier molecular flexibility index (Phi) is 3.70. The highest BCUT2D eigenvalue weighted by molar-refractivity contribution is 5.63. The van der Waals surface area contributed by atoms with Gasteiger partial charge in [0.05, 0.1) is 6.61 Å². The van der Waals surface area contributed by atoms with E-state index in [0.29, 0.717) is 0 Å². The van der Waals surface area contributed by atoms with Gasteiger partial charge >= 0.3 is 0 Å². The molecule has 2 N–H and O–H groups in total. The van der Waals surface area contributed by atoms with Crippen LogP contribution in [0.15, 0.2) is 48.8 Å². The van der Waals surface area contributed by atoms with Gasteiger partial charge in [-0.3, -0.25) is 4.98 Å². The van der Waals surface area contributed by atoms with Crippen LogP contribution in [0.4, 0.5) is 0 Å². The molecule has 0 unspecified atom stereocenters. The molecule has 1 saturated carbocycles. The topological polar surface area (TPSA) is 48.1 Å². The predicted molar refractivity (Wildman–Crippen MR) is 80.5 cm³/mol. The van der Waals surface area contributed by atoms with Gasteiger partial charge in [-0.05, 0) is 48.2 Å². The van der Waals surface area contributed by atoms with Crippen LogP contribution in [0.5, 0.6) is 5.75 Å². The van der Waals surface area contributed by atoms with Crippen molar-refractivity contribution in [2.24, 2.45) is 11.1 Å². The summed E-state index contributed by atoms with van der Waals surface area (Å²) in [7, 11) is 0. The molecule has 0 bridgehead atoms. The van der Waals surface area contributed by atoms with Crippen molar-refractivity contribution in [2.75, 3.05) is 13.2 Å². The third-order valence-electron chi connectivity index (χ3n) is 4.26. The molecule has 0 aliphatic heterocycles. The Morgan fingerprint density at radius 2 is 1.65 bits per heavy atom. The molecule has 1 aliphatic rings. The largest absolute Gasteiger partial charge is 0.493 e. The molecular weight excluding hydrogens is 248 g/mol. The number of ether oxygens (including phenoxy) is 1. The van der Waals surface area contributed by atoms with Gasteiger partial charge in [-0.2, -0.15) is 0 Å². The predicted octanol–water partition coefficient (Wildman–Crippen LogP) is 3.26. The zero-order valence-corrected chi connectivity index (χ0v) is 11.6. The van der Waals surface area contributed by atoms with Crippen molar-refractivity contribution in [2.45, 2.75) is 19.3 Å². The van der Waals surface area contributed by atoms with E-state index in [0.717, 1.165) is 18.9 Å². The zero-order chi connectivity index (χ0) is 13.8. The number of aromatic nitrogens is 1. The van der Waals surface area contributed by atoms with Crippen LogP contribution < -0.4 is 10.5 Å². The maximum Gasteiger partial charge on any atom is 0.119 e. The summed E-state index contributed by atoms with van der Waals surface area (Å²) >= 11 is 0. The number of pyridine rings is 1. The Labute approximate surface area is 119 Å². The van der Waals surface area contributed by atoms with Gasteiger partial charge in [-0.25, -0.2) is 0 Å². The van der Waals surface area contributed by atoms with Crippen LogP contribution in [-0.4, -0.2) is 18.1 Å². The van der Waals surface area contributed by atoms with Crippen LogP contribution in [0.1, 0.15) is 19.3 Å². The van der Waals surface area contributed by atoms with Gasteiger partial charge in [-0.15, -0.1) is 0 Å². The molecule has 3 nitrogen and oxygen atoms in total. The van der Waals surface area contributed by atoms with Crippen LogP contribution in [0, 0.1) is 5.41 Å². The van der Waals surface area contributed by atoms with Crippen LogP contribution >= 0.6 is 0 Å². The van der Waals surface area contributed by atoms with Gasteiger partial charge < -0.3 is 10.5 Å². The Bertz CT molecular complexity index is 541. The fraction of sp³-hybridized carbons (Fsp3) is 0.353. The molecule has 3 heteroatoms. The van der Waals surface area contributed by atoms with Gasteiger partial charge in [0.25, 0.3) is 0 Å². The first-order valence-electron chi connectivity index (χ1n) is 7.15. The van der Waals surface area contributed by atoms with Crippen molar-refractivity contribution in [1.29, 1.82) is 0 Å². The minimum atomic E-state index is 0.226. The number of benzene rings is 1. The number of nitrogens with two attached hydrogens (primary N) is 1. The Morgan fingerprint density at radius 1 is 1.00 bits per heavy atom. The molecule has 20 heavy (non-hydrogen) atoms. The van der Waals surface area contributed by atoms with E-state index in [2.05, 4.69) is 17.1 Å². The average Bonchev–Trinajstić information content (AvgIpc) is 2.48. The molecule has 0 spiro atoms. The third kappa shape index (κ3) is 2.68. The lowest BCUT2D eigenvalue weighted by Gasteiger charge is -2.40. The van der Waals surface area contributed by atoms with E-state index >= 15 is 0 Å². The summed E-state index contributed by atoms with van der Waals surface area (Å²) in [5.41, 5.74) is 8.42. The van der Waals surface area contributed by atoms with Gasteiger partial charge in [0, 0.05) is 24.4 Å². The monoisotopic (exact) mass is 268 g/mol. The lowest BCUT2D eigenvalue weighted by atomic mass is 9.69. The summed E-state index contributed by atoms with van der Waals surface area (Å²) in [6.45, 7) is 1.46. The molecular formula is C17H20N2O. The Morgan fingerprint density at radius 3 is 2.20 bits per heavy atom. The number of hydrogen-bond acceptors (Lipinski definition) is 3. The first-order valence-corrected chi connectivity index (χ1v) is 7.15. The molecule has 1 aromatic heterocycles. The lowest BCUT2D eigenvalue weighted by molar-refractivity contribution is 0.0668. The van der Waals surface area contributed by atoms with Crippen molar-refractivity contribution in [3.8, 4) is 16.9 Å². The van der Waals surface area contributed by atoms with E-state index in [-0.39, 0.29) is 5.41 Å². The van der Waals surface area contributed by atoms with E-state index in [1.807, 2.05) is 24.3 Å². The van der Waals surface area contributed by atoms with E-state index in [1.165, 1.54) is 30.4 Å². The minimum absolute atomic E-state index is 0.226. The van der Waals surface area contributed by atoms with Gasteiger partial charge in [0.1, 0.15) is 5.75 Å². The quantitative estimate of drug-likeness (QED) is 0.905. The molecule has 2 aromatic rings. The zero-order valence-electron chi connectivity index (χ0n) is 11.6. The molecule has 0 amide bonds. The first-order chi connectivity index (χ1) is 9.81. The maximum absolute atomic E-state index is 5.90. The smallest absolute Gasteiger partial charge is 0.119 e. The number of rotatable bonds is 5. The van der Waals surface area contributed by atoms with E-state index in [4.69, 9.17) is 10.5 Å². The third-order valence-corrected chi connectivity index (χ3v) is 4.26. The number of hydrogen-bond donors (Lipinski definition) is 1. The van der Waals surface area contributed by atoms with Gasteiger partial charge in [0.2, 0.25) is 0 Å². The van der Waals surface area contributed by atoms with Crippen LogP contribution in [0.2, 0.25) is 0 Å². The lowest BCUT2D eigenvalue weighted by Crippen LogP contribution is -2.42. The summed E-state index contributed by atoms with van der Waals surface area (Å²) in [5.74, 6) is 0.919. The van der Waals surface area contributed by atoms with Crippen LogP contribution in [0.25, 0.3) is 11.1 Å². The molecule has 1 heterocycles. The van der Waals surface area contributed by atoms with Crippen LogP contribution in [0.3, 0.4) is 0 Å². The fourth-order valence-corrected chi connectivity index (χ4v) is 2.61. The SMILES string of the molecule is NCC1(COc2ccc(-c3ccncc3)cc2)CCC1. The average molecular weight is 268 g/mol. The minimum Gasteiger partial charge on any atom is -0.493 e. The molecule has 1 aliphatic carbocycles. The highest BCUT2D eigenvalue weighted by atomic mass is 16.5. The highest BCUT2D eigenvalue weighted by Gasteiger charge is 2.36. The molecule has 1 aromatic carbocycles. The maximum atomic E-state index is 5.90. The molecule has 3 rings (SSSR count). The summed E-state index contributed by atoms with van der Waals surface area (Å²) in [4.78, 5) is 4.03. The summed E-state index contributed by atoms with van der Waals surface area (Å²) in [5, 5.41) is 0. The highest BCUT2D eigenvalue weighted by Crippen LogP contribution is 2.40. The Balaban J connectivity index is 1.65. The van der Waals surface area contributed by atoms with E-state index < -0.39 is 0 Å². The molecule has 0 radical (unpaired) electrons. The fourth-order valence-electron chi connectivity index (χ4n) is 2.61. The van der Waals surface area contributed by atoms with E-state index in [1.54, 1.807) is 12.4 Å². The normalized spacial score (nSPS) is 16.4. The molecule has 0 atom stereocenters. The van der Waals surface area contributed by atoms with Crippen molar-refractivity contribution in [1.82, 2.24) is 4.98 Å². The van der Waals surface area contributed by atoms with Crippen LogP contribution in [-0.2, 0) is 0 Å².